The van der Waals surface area contributed by atoms with Crippen LogP contribution in [0.5, 0.6) is 5.75 Å². The number of ether oxygens (including phenoxy) is 2. The van der Waals surface area contributed by atoms with Crippen LogP contribution in [0.4, 0.5) is 4.79 Å². The van der Waals surface area contributed by atoms with E-state index in [0.717, 1.165) is 31.6 Å². The van der Waals surface area contributed by atoms with E-state index < -0.39 is 5.54 Å². The maximum absolute atomic E-state index is 13.9. The van der Waals surface area contributed by atoms with Crippen LogP contribution in [0.25, 0.3) is 11.1 Å². The van der Waals surface area contributed by atoms with E-state index >= 15 is 0 Å². The Kier molecular flexibility index (Phi) is 6.87. The highest BCUT2D eigenvalue weighted by atomic mass is 16.5. The molecular formula is C32H35N3O4. The van der Waals surface area contributed by atoms with Crippen LogP contribution in [0.2, 0.25) is 0 Å². The second-order valence-corrected chi connectivity index (χ2v) is 10.8. The van der Waals surface area contributed by atoms with E-state index in [1.807, 2.05) is 24.3 Å². The van der Waals surface area contributed by atoms with Gasteiger partial charge in [0.1, 0.15) is 11.3 Å². The number of nitrogens with zero attached hydrogens (tertiary/aromatic N) is 3. The summed E-state index contributed by atoms with van der Waals surface area (Å²) in [5, 5.41) is 0. The summed E-state index contributed by atoms with van der Waals surface area (Å²) in [5.41, 5.74) is 6.88. The average molecular weight is 526 g/mol. The van der Waals surface area contributed by atoms with Crippen molar-refractivity contribution in [1.82, 2.24) is 14.7 Å². The van der Waals surface area contributed by atoms with Gasteiger partial charge in [0.25, 0.3) is 5.91 Å². The van der Waals surface area contributed by atoms with Crippen LogP contribution in [-0.2, 0) is 29.0 Å². The molecule has 3 aromatic carbocycles. The largest absolute Gasteiger partial charge is 0.497 e. The minimum Gasteiger partial charge on any atom is -0.497 e. The predicted molar refractivity (Wildman–Crippen MR) is 149 cm³/mol. The quantitative estimate of drug-likeness (QED) is 0.312. The van der Waals surface area contributed by atoms with E-state index in [0.29, 0.717) is 31.7 Å². The van der Waals surface area contributed by atoms with Crippen molar-refractivity contribution in [3.05, 3.63) is 89.0 Å². The van der Waals surface area contributed by atoms with Crippen LogP contribution in [0.1, 0.15) is 35.1 Å². The Labute approximate surface area is 229 Å². The number of amides is 3. The van der Waals surface area contributed by atoms with Crippen molar-refractivity contribution in [2.24, 2.45) is 0 Å². The number of methoxy groups -OCH3 is 2. The highest BCUT2D eigenvalue weighted by Gasteiger charge is 2.57. The Morgan fingerprint density at radius 2 is 1.64 bits per heavy atom. The van der Waals surface area contributed by atoms with E-state index in [9.17, 15) is 9.59 Å². The highest BCUT2D eigenvalue weighted by Crippen LogP contribution is 2.41. The third-order valence-corrected chi connectivity index (χ3v) is 8.64. The topological polar surface area (TPSA) is 62.3 Å². The monoisotopic (exact) mass is 525 g/mol. The number of benzene rings is 3. The summed E-state index contributed by atoms with van der Waals surface area (Å²) in [4.78, 5) is 33.2. The molecule has 0 unspecified atom stereocenters. The standard InChI is InChI=1S/C32H35N3O4/c1-38-18-17-35-31(37)34(21-23-7-5-10-26(19-23)39-2)30(36)32(35)13-15-33(16-14-32)22-25-9-6-12-28-27-11-4-3-8-24(27)20-29(25)28/h3-12,19H,13-18,20-22H2,1-2H3. The van der Waals surface area contributed by atoms with Gasteiger partial charge in [-0.05, 0) is 64.8 Å². The van der Waals surface area contributed by atoms with Crippen LogP contribution in [0, 0.1) is 0 Å². The molecule has 2 aliphatic heterocycles. The Hall–Kier alpha value is -3.68. The molecule has 7 heteroatoms. The van der Waals surface area contributed by atoms with Gasteiger partial charge in [-0.2, -0.15) is 0 Å². The summed E-state index contributed by atoms with van der Waals surface area (Å²) < 4.78 is 10.7. The first-order chi connectivity index (χ1) is 19.0. The van der Waals surface area contributed by atoms with Crippen LogP contribution in [-0.4, -0.2) is 72.6 Å². The average Bonchev–Trinajstić information content (AvgIpc) is 3.43. The van der Waals surface area contributed by atoms with E-state index in [1.165, 1.54) is 32.7 Å². The van der Waals surface area contributed by atoms with Crippen LogP contribution in [0.15, 0.2) is 66.7 Å². The van der Waals surface area contributed by atoms with Crippen molar-refractivity contribution in [2.45, 2.75) is 37.9 Å². The Balaban J connectivity index is 1.19. The lowest BCUT2D eigenvalue weighted by Gasteiger charge is -2.42. The first-order valence-electron chi connectivity index (χ1n) is 13.7. The lowest BCUT2D eigenvalue weighted by atomic mass is 9.85. The van der Waals surface area contributed by atoms with Gasteiger partial charge in [0.15, 0.2) is 0 Å². The summed E-state index contributed by atoms with van der Waals surface area (Å²) in [6, 6.07) is 22.6. The molecule has 6 rings (SSSR count). The Bertz CT molecular complexity index is 1400. The Morgan fingerprint density at radius 3 is 2.44 bits per heavy atom. The molecule has 2 saturated heterocycles. The maximum atomic E-state index is 13.9. The summed E-state index contributed by atoms with van der Waals surface area (Å²) in [6.07, 6.45) is 2.20. The number of hydrogen-bond acceptors (Lipinski definition) is 5. The maximum Gasteiger partial charge on any atom is 0.328 e. The molecule has 3 amide bonds. The van der Waals surface area contributed by atoms with Gasteiger partial charge in [0.05, 0.1) is 20.3 Å². The zero-order chi connectivity index (χ0) is 27.0. The lowest BCUT2D eigenvalue weighted by molar-refractivity contribution is -0.136. The van der Waals surface area contributed by atoms with Gasteiger partial charge in [-0.25, -0.2) is 4.79 Å². The van der Waals surface area contributed by atoms with Crippen LogP contribution < -0.4 is 4.74 Å². The van der Waals surface area contributed by atoms with Gasteiger partial charge in [-0.15, -0.1) is 0 Å². The number of rotatable bonds is 8. The predicted octanol–water partition coefficient (Wildman–Crippen LogP) is 4.71. The zero-order valence-corrected chi connectivity index (χ0v) is 22.7. The molecule has 1 aliphatic carbocycles. The molecule has 0 radical (unpaired) electrons. The third-order valence-electron chi connectivity index (χ3n) is 8.64. The van der Waals surface area contributed by atoms with Crippen LogP contribution >= 0.6 is 0 Å². The van der Waals surface area contributed by atoms with Crippen LogP contribution in [0.3, 0.4) is 0 Å². The van der Waals surface area contributed by atoms with Crippen molar-refractivity contribution in [3.63, 3.8) is 0 Å². The molecule has 0 atom stereocenters. The van der Waals surface area contributed by atoms with Crippen molar-refractivity contribution in [1.29, 1.82) is 0 Å². The molecule has 3 aromatic rings. The number of piperidine rings is 1. The second kappa shape index (κ2) is 10.5. The molecule has 0 bridgehead atoms. The fraction of sp³-hybridized carbons (Fsp3) is 0.375. The summed E-state index contributed by atoms with van der Waals surface area (Å²) >= 11 is 0. The van der Waals surface area contributed by atoms with Gasteiger partial charge >= 0.3 is 6.03 Å². The van der Waals surface area contributed by atoms with Gasteiger partial charge in [-0.1, -0.05) is 54.6 Å². The number of hydrogen-bond donors (Lipinski definition) is 0. The molecule has 2 fully saturated rings. The van der Waals surface area contributed by atoms with Gasteiger partial charge < -0.3 is 14.4 Å². The fourth-order valence-corrected chi connectivity index (χ4v) is 6.54. The number of carbonyl (C=O) groups is 2. The number of carbonyl (C=O) groups excluding carboxylic acids is 2. The van der Waals surface area contributed by atoms with E-state index in [1.54, 1.807) is 19.1 Å². The fourth-order valence-electron chi connectivity index (χ4n) is 6.54. The summed E-state index contributed by atoms with van der Waals surface area (Å²) in [6.45, 7) is 3.40. The number of likely N-dealkylation sites (tertiary alicyclic amines) is 1. The molecule has 0 aromatic heterocycles. The van der Waals surface area contributed by atoms with Crippen molar-refractivity contribution >= 4 is 11.9 Å². The summed E-state index contributed by atoms with van der Waals surface area (Å²) in [5.74, 6) is 0.614. The molecule has 0 saturated carbocycles. The second-order valence-electron chi connectivity index (χ2n) is 10.8. The molecule has 202 valence electrons. The molecule has 7 nitrogen and oxygen atoms in total. The molecule has 2 heterocycles. The zero-order valence-electron chi connectivity index (χ0n) is 22.7. The molecular weight excluding hydrogens is 490 g/mol. The number of imide groups is 1. The minimum atomic E-state index is -0.820. The molecule has 39 heavy (non-hydrogen) atoms. The summed E-state index contributed by atoms with van der Waals surface area (Å²) in [7, 11) is 3.24. The van der Waals surface area contributed by atoms with Crippen molar-refractivity contribution in [3.8, 4) is 16.9 Å². The number of fused-ring (bicyclic) bond motifs is 3. The molecule has 3 aliphatic rings. The molecule has 1 spiro atoms. The van der Waals surface area contributed by atoms with E-state index in [-0.39, 0.29) is 18.5 Å². The third kappa shape index (κ3) is 4.49. The van der Waals surface area contributed by atoms with E-state index in [4.69, 9.17) is 9.47 Å². The number of urea groups is 1. The van der Waals surface area contributed by atoms with Gasteiger partial charge in [0, 0.05) is 33.3 Å². The minimum absolute atomic E-state index is 0.0953. The SMILES string of the molecule is COCCN1C(=O)N(Cc2cccc(OC)c2)C(=O)C12CCN(Cc1cccc3c1Cc1ccccc1-3)CC2. The van der Waals surface area contributed by atoms with Crippen molar-refractivity contribution < 1.29 is 19.1 Å². The normalized spacial score (nSPS) is 18.1. The Morgan fingerprint density at radius 1 is 0.872 bits per heavy atom. The van der Waals surface area contributed by atoms with Crippen molar-refractivity contribution in [2.75, 3.05) is 40.5 Å². The van der Waals surface area contributed by atoms with Gasteiger partial charge in [-0.3, -0.25) is 14.6 Å². The smallest absolute Gasteiger partial charge is 0.328 e. The first kappa shape index (κ1) is 25.6. The first-order valence-corrected chi connectivity index (χ1v) is 13.7. The molecule has 0 N–H and O–H groups in total. The highest BCUT2D eigenvalue weighted by molar-refractivity contribution is 6.07. The van der Waals surface area contributed by atoms with Gasteiger partial charge in [0.2, 0.25) is 0 Å². The van der Waals surface area contributed by atoms with E-state index in [2.05, 4.69) is 47.4 Å². The lowest BCUT2D eigenvalue weighted by Crippen LogP contribution is -2.57.